The summed E-state index contributed by atoms with van der Waals surface area (Å²) in [6.45, 7) is 4.31. The molecule has 3 aliphatic rings. The third-order valence-electron chi connectivity index (χ3n) is 9.53. The largest absolute Gasteiger partial charge is 0.497 e. The van der Waals surface area contributed by atoms with Gasteiger partial charge in [0, 0.05) is 50.9 Å². The van der Waals surface area contributed by atoms with E-state index in [0.29, 0.717) is 76.4 Å². The maximum atomic E-state index is 16.8. The molecule has 0 bridgehead atoms. The first-order valence-corrected chi connectivity index (χ1v) is 15.0. The van der Waals surface area contributed by atoms with E-state index in [1.807, 2.05) is 28.9 Å². The number of halogens is 4. The molecule has 3 saturated heterocycles. The van der Waals surface area contributed by atoms with Gasteiger partial charge in [-0.3, -0.25) is 14.5 Å². The minimum Gasteiger partial charge on any atom is -0.497 e. The Balaban J connectivity index is 1.33. The third-order valence-corrected chi connectivity index (χ3v) is 9.53. The van der Waals surface area contributed by atoms with E-state index < -0.39 is 41.1 Å². The van der Waals surface area contributed by atoms with Crippen LogP contribution in [0.15, 0.2) is 42.5 Å². The number of carbonyl (C=O) groups excluding carboxylic acids is 1. The summed E-state index contributed by atoms with van der Waals surface area (Å²) in [5.74, 6) is -2.01. The topological polar surface area (TPSA) is 73.3 Å². The Hall–Kier alpha value is -3.34. The van der Waals surface area contributed by atoms with Gasteiger partial charge in [-0.1, -0.05) is 25.1 Å². The number of piperidine rings is 2. The maximum Gasteiger partial charge on any atom is 0.416 e. The number of amides is 1. The molecule has 5 rings (SSSR count). The van der Waals surface area contributed by atoms with Crippen molar-refractivity contribution in [2.45, 2.75) is 56.3 Å². The number of carbonyl (C=O) groups is 2. The van der Waals surface area contributed by atoms with Crippen LogP contribution in [0, 0.1) is 5.92 Å². The summed E-state index contributed by atoms with van der Waals surface area (Å²) >= 11 is 0. The number of anilines is 1. The minimum atomic E-state index is -4.51. The number of aliphatic carboxylic acids is 1. The molecule has 3 heterocycles. The van der Waals surface area contributed by atoms with Crippen LogP contribution in [-0.2, 0) is 15.8 Å². The lowest BCUT2D eigenvalue weighted by molar-refractivity contribution is -0.145. The van der Waals surface area contributed by atoms with Crippen molar-refractivity contribution in [3.63, 3.8) is 0 Å². The molecule has 2 atom stereocenters. The molecule has 0 aliphatic carbocycles. The summed E-state index contributed by atoms with van der Waals surface area (Å²) in [5.41, 5.74) is -0.864. The number of hydrogen-bond acceptors (Lipinski definition) is 5. The molecule has 0 aromatic heterocycles. The molecule has 7 nitrogen and oxygen atoms in total. The van der Waals surface area contributed by atoms with Gasteiger partial charge in [0.1, 0.15) is 5.75 Å². The van der Waals surface area contributed by atoms with E-state index in [-0.39, 0.29) is 12.5 Å². The molecule has 0 saturated carbocycles. The zero-order valence-electron chi connectivity index (χ0n) is 24.6. The van der Waals surface area contributed by atoms with Crippen LogP contribution in [0.5, 0.6) is 5.75 Å². The van der Waals surface area contributed by atoms with E-state index in [1.165, 1.54) is 12.1 Å². The van der Waals surface area contributed by atoms with Crippen LogP contribution in [0.4, 0.5) is 23.2 Å². The highest BCUT2D eigenvalue weighted by Crippen LogP contribution is 2.44. The van der Waals surface area contributed by atoms with E-state index in [4.69, 9.17) is 4.74 Å². The van der Waals surface area contributed by atoms with Gasteiger partial charge in [-0.05, 0) is 73.5 Å². The van der Waals surface area contributed by atoms with E-state index in [0.717, 1.165) is 17.2 Å². The number of carboxylic acids is 1. The van der Waals surface area contributed by atoms with Gasteiger partial charge >= 0.3 is 12.1 Å². The second-order valence-electron chi connectivity index (χ2n) is 12.0. The first-order valence-electron chi connectivity index (χ1n) is 15.0. The van der Waals surface area contributed by atoms with Crippen LogP contribution < -0.4 is 9.64 Å². The van der Waals surface area contributed by atoms with Crippen molar-refractivity contribution in [1.82, 2.24) is 9.80 Å². The van der Waals surface area contributed by atoms with Gasteiger partial charge in [-0.15, -0.1) is 0 Å². The number of carboxylic acid groups (broad SMARTS) is 1. The highest BCUT2D eigenvalue weighted by molar-refractivity contribution is 5.87. The van der Waals surface area contributed by atoms with Gasteiger partial charge in [0.05, 0.1) is 18.6 Å². The SMILES string of the molecule is CCN1C[C@@H](c2ccc(OC)cc2)[C@](F)(C(=O)N2CCC(c3ccc(C(F)(F)F)cc3N3CCC(C(=O)O)CC3)CC2)C1. The minimum absolute atomic E-state index is 0.00824. The molecule has 0 spiro atoms. The molecule has 11 heteroatoms. The first kappa shape index (κ1) is 31.1. The lowest BCUT2D eigenvalue weighted by atomic mass is 9.83. The maximum absolute atomic E-state index is 16.8. The number of likely N-dealkylation sites (N-methyl/N-ethyl adjacent to an activating group) is 1. The monoisotopic (exact) mass is 605 g/mol. The molecular weight excluding hydrogens is 566 g/mol. The molecule has 0 radical (unpaired) electrons. The number of nitrogens with zero attached hydrogens (tertiary/aromatic N) is 3. The van der Waals surface area contributed by atoms with E-state index in [2.05, 4.69) is 0 Å². The Bertz CT molecular complexity index is 1300. The lowest BCUT2D eigenvalue weighted by Crippen LogP contribution is -2.52. The fourth-order valence-corrected chi connectivity index (χ4v) is 6.93. The van der Waals surface area contributed by atoms with Crippen molar-refractivity contribution in [3.05, 3.63) is 59.2 Å². The van der Waals surface area contributed by atoms with Crippen LogP contribution in [-0.4, -0.2) is 85.4 Å². The number of ether oxygens (including phenoxy) is 1. The fraction of sp³-hybridized carbons (Fsp3) is 0.562. The standard InChI is InChI=1S/C32H39F4N3O4/c1-3-37-19-27(22-4-7-25(43-2)8-5-22)31(33,20-37)30(42)39-16-10-21(11-17-39)26-9-6-24(32(34,35)36)18-28(26)38-14-12-23(13-15-38)29(40)41/h4-9,18,21,23,27H,3,10-17,19-20H2,1-2H3,(H,40,41)/t27-,31-/m0/s1. The molecule has 3 aliphatic heterocycles. The summed E-state index contributed by atoms with van der Waals surface area (Å²) in [7, 11) is 1.56. The van der Waals surface area contributed by atoms with Crippen LogP contribution in [0.1, 0.15) is 61.1 Å². The number of rotatable bonds is 7. The first-order chi connectivity index (χ1) is 20.4. The Morgan fingerprint density at radius 2 is 1.65 bits per heavy atom. The Morgan fingerprint density at radius 3 is 2.21 bits per heavy atom. The molecule has 2 aromatic carbocycles. The van der Waals surface area contributed by atoms with Gasteiger partial charge in [-0.2, -0.15) is 13.2 Å². The molecule has 43 heavy (non-hydrogen) atoms. The molecular formula is C32H39F4N3O4. The Kier molecular flexibility index (Phi) is 8.92. The van der Waals surface area contributed by atoms with E-state index in [9.17, 15) is 27.9 Å². The lowest BCUT2D eigenvalue weighted by Gasteiger charge is -2.39. The number of alkyl halides is 4. The number of benzene rings is 2. The van der Waals surface area contributed by atoms with Crippen LogP contribution >= 0.6 is 0 Å². The summed E-state index contributed by atoms with van der Waals surface area (Å²) in [4.78, 5) is 30.6. The second kappa shape index (κ2) is 12.3. The summed E-state index contributed by atoms with van der Waals surface area (Å²) in [6, 6.07) is 10.9. The number of methoxy groups -OCH3 is 1. The van der Waals surface area contributed by atoms with E-state index in [1.54, 1.807) is 24.1 Å². The zero-order valence-corrected chi connectivity index (χ0v) is 24.6. The highest BCUT2D eigenvalue weighted by Gasteiger charge is 2.55. The normalized spacial score (nSPS) is 24.4. The molecule has 1 N–H and O–H groups in total. The Morgan fingerprint density at radius 1 is 1.00 bits per heavy atom. The van der Waals surface area contributed by atoms with Crippen LogP contribution in [0.25, 0.3) is 0 Å². The van der Waals surface area contributed by atoms with Gasteiger partial charge in [-0.25, -0.2) is 4.39 Å². The average molecular weight is 606 g/mol. The predicted octanol–water partition coefficient (Wildman–Crippen LogP) is 5.55. The fourth-order valence-electron chi connectivity index (χ4n) is 6.93. The van der Waals surface area contributed by atoms with Crippen molar-refractivity contribution in [2.75, 3.05) is 57.8 Å². The van der Waals surface area contributed by atoms with Crippen molar-refractivity contribution in [3.8, 4) is 5.75 Å². The van der Waals surface area contributed by atoms with Crippen molar-refractivity contribution < 1.29 is 37.0 Å². The van der Waals surface area contributed by atoms with E-state index >= 15 is 4.39 Å². The zero-order chi connectivity index (χ0) is 30.9. The van der Waals surface area contributed by atoms with Gasteiger partial charge in [0.25, 0.3) is 5.91 Å². The van der Waals surface area contributed by atoms with Crippen molar-refractivity contribution in [1.29, 1.82) is 0 Å². The quantitative estimate of drug-likeness (QED) is 0.418. The van der Waals surface area contributed by atoms with Crippen LogP contribution in [0.2, 0.25) is 0 Å². The summed E-state index contributed by atoms with van der Waals surface area (Å²) < 4.78 is 63.0. The smallest absolute Gasteiger partial charge is 0.416 e. The molecule has 0 unspecified atom stereocenters. The number of likely N-dealkylation sites (tertiary alicyclic amines) is 2. The van der Waals surface area contributed by atoms with Crippen molar-refractivity contribution in [2.24, 2.45) is 5.92 Å². The van der Waals surface area contributed by atoms with Gasteiger partial charge in [0.2, 0.25) is 5.67 Å². The molecule has 1 amide bonds. The number of hydrogen-bond donors (Lipinski definition) is 1. The van der Waals surface area contributed by atoms with Crippen LogP contribution in [0.3, 0.4) is 0 Å². The average Bonchev–Trinajstić information content (AvgIpc) is 3.37. The van der Waals surface area contributed by atoms with Crippen molar-refractivity contribution >= 4 is 17.6 Å². The predicted molar refractivity (Wildman–Crippen MR) is 154 cm³/mol. The van der Waals surface area contributed by atoms with Gasteiger partial charge < -0.3 is 19.6 Å². The second-order valence-corrected chi connectivity index (χ2v) is 12.0. The highest BCUT2D eigenvalue weighted by atomic mass is 19.4. The molecule has 234 valence electrons. The Labute approximate surface area is 249 Å². The summed E-state index contributed by atoms with van der Waals surface area (Å²) in [6.07, 6.45) is -2.79. The summed E-state index contributed by atoms with van der Waals surface area (Å²) in [5, 5.41) is 9.37. The third kappa shape index (κ3) is 6.32. The molecule has 3 fully saturated rings. The molecule has 2 aromatic rings. The van der Waals surface area contributed by atoms with Gasteiger partial charge in [0.15, 0.2) is 0 Å².